The van der Waals surface area contributed by atoms with Crippen molar-refractivity contribution in [3.05, 3.63) is 0 Å². The minimum atomic E-state index is 0.793. The van der Waals surface area contributed by atoms with Gasteiger partial charge in [-0.1, -0.05) is 46.5 Å². The first-order chi connectivity index (χ1) is 8.72. The van der Waals surface area contributed by atoms with Crippen LogP contribution in [0.1, 0.15) is 65.7 Å². The topological polar surface area (TPSA) is 12.0 Å². The van der Waals surface area contributed by atoms with E-state index in [2.05, 4.69) is 26.1 Å². The third-order valence-electron chi connectivity index (χ3n) is 5.48. The molecule has 1 heteroatoms. The summed E-state index contributed by atoms with van der Waals surface area (Å²) in [5.74, 6) is 4.98. The van der Waals surface area contributed by atoms with Gasteiger partial charge < -0.3 is 5.32 Å². The Kier molecular flexibility index (Phi) is 5.54. The van der Waals surface area contributed by atoms with Crippen LogP contribution >= 0.6 is 0 Å². The predicted octanol–water partition coefficient (Wildman–Crippen LogP) is 4.47. The second-order valence-electron chi connectivity index (χ2n) is 7.17. The Balaban J connectivity index is 1.77. The lowest BCUT2D eigenvalue weighted by Crippen LogP contribution is -2.43. The van der Waals surface area contributed by atoms with Gasteiger partial charge >= 0.3 is 0 Å². The van der Waals surface area contributed by atoms with Crippen molar-refractivity contribution in [1.29, 1.82) is 0 Å². The zero-order valence-electron chi connectivity index (χ0n) is 12.8. The zero-order valence-corrected chi connectivity index (χ0v) is 12.8. The molecule has 0 aromatic rings. The van der Waals surface area contributed by atoms with Gasteiger partial charge in [-0.25, -0.2) is 0 Å². The van der Waals surface area contributed by atoms with Crippen molar-refractivity contribution in [3.63, 3.8) is 0 Å². The Labute approximate surface area is 114 Å². The molecule has 2 fully saturated rings. The first kappa shape index (κ1) is 14.4. The molecule has 1 nitrogen and oxygen atoms in total. The van der Waals surface area contributed by atoms with E-state index in [0.29, 0.717) is 0 Å². The maximum absolute atomic E-state index is 3.69. The van der Waals surface area contributed by atoms with Gasteiger partial charge in [-0.15, -0.1) is 0 Å². The first-order valence-electron chi connectivity index (χ1n) is 8.43. The summed E-state index contributed by atoms with van der Waals surface area (Å²) in [6.07, 6.45) is 10.5. The highest BCUT2D eigenvalue weighted by atomic mass is 14.9. The fraction of sp³-hybridized carbons (Fsp3) is 1.00. The molecule has 2 aliphatic carbocycles. The van der Waals surface area contributed by atoms with E-state index in [1.165, 1.54) is 58.0 Å². The summed E-state index contributed by atoms with van der Waals surface area (Å²) in [6, 6.07) is 0. The number of hydrogen-bond acceptors (Lipinski definition) is 1. The zero-order chi connectivity index (χ0) is 13.0. The van der Waals surface area contributed by atoms with E-state index in [1.54, 1.807) is 0 Å². The molecule has 2 rings (SSSR count). The molecule has 1 N–H and O–H groups in total. The first-order valence-corrected chi connectivity index (χ1v) is 8.43. The quantitative estimate of drug-likeness (QED) is 0.734. The van der Waals surface area contributed by atoms with E-state index in [1.807, 2.05) is 0 Å². The van der Waals surface area contributed by atoms with Crippen molar-refractivity contribution < 1.29 is 0 Å². The lowest BCUT2D eigenvalue weighted by molar-refractivity contribution is 0.0391. The minimum Gasteiger partial charge on any atom is -0.316 e. The number of nitrogens with one attached hydrogen (secondary N) is 1. The van der Waals surface area contributed by atoms with Crippen LogP contribution in [0.2, 0.25) is 0 Å². The van der Waals surface area contributed by atoms with Crippen LogP contribution in [0, 0.1) is 29.6 Å². The van der Waals surface area contributed by atoms with Crippen molar-refractivity contribution >= 4 is 0 Å². The second-order valence-corrected chi connectivity index (χ2v) is 7.17. The van der Waals surface area contributed by atoms with Crippen molar-refractivity contribution in [2.24, 2.45) is 29.6 Å². The van der Waals surface area contributed by atoms with Crippen molar-refractivity contribution in [1.82, 2.24) is 5.32 Å². The van der Waals surface area contributed by atoms with Crippen LogP contribution in [0.15, 0.2) is 0 Å². The Morgan fingerprint density at radius 2 is 1.67 bits per heavy atom. The molecular weight excluding hydrogens is 218 g/mol. The largest absolute Gasteiger partial charge is 0.316 e. The molecule has 0 saturated heterocycles. The van der Waals surface area contributed by atoms with Crippen LogP contribution < -0.4 is 5.32 Å². The smallest absolute Gasteiger partial charge is 0.00176 e. The molecule has 0 radical (unpaired) electrons. The second kappa shape index (κ2) is 6.93. The minimum absolute atomic E-state index is 0.793. The summed E-state index contributed by atoms with van der Waals surface area (Å²) in [5.41, 5.74) is 0. The Morgan fingerprint density at radius 3 is 2.28 bits per heavy atom. The third kappa shape index (κ3) is 3.50. The average Bonchev–Trinajstić information content (AvgIpc) is 2.33. The van der Waals surface area contributed by atoms with Gasteiger partial charge in [-0.05, 0) is 61.9 Å². The number of hydrogen-bond donors (Lipinski definition) is 1. The van der Waals surface area contributed by atoms with Gasteiger partial charge in [0.15, 0.2) is 0 Å². The highest BCUT2D eigenvalue weighted by molar-refractivity contribution is 4.91. The maximum atomic E-state index is 3.69. The molecule has 4 atom stereocenters. The molecule has 0 spiro atoms. The Morgan fingerprint density at radius 1 is 0.944 bits per heavy atom. The predicted molar refractivity (Wildman–Crippen MR) is 79.7 cm³/mol. The fourth-order valence-electron chi connectivity index (χ4n) is 4.28. The Bertz CT molecular complexity index is 236. The standard InChI is InChI=1S/C17H33N/c1-4-14-7-5-6-8-16(14)17-10-9-15(17)12-18-11-13(2)3/h13-18H,4-12H2,1-3H3. The van der Waals surface area contributed by atoms with Crippen LogP contribution in [0.3, 0.4) is 0 Å². The van der Waals surface area contributed by atoms with Crippen LogP contribution in [0.4, 0.5) is 0 Å². The normalized spacial score (nSPS) is 36.7. The van der Waals surface area contributed by atoms with Gasteiger partial charge in [-0.2, -0.15) is 0 Å². The molecule has 0 aromatic heterocycles. The van der Waals surface area contributed by atoms with E-state index in [0.717, 1.165) is 29.6 Å². The van der Waals surface area contributed by atoms with Crippen LogP contribution in [0.25, 0.3) is 0 Å². The van der Waals surface area contributed by atoms with Crippen molar-refractivity contribution in [2.75, 3.05) is 13.1 Å². The highest BCUT2D eigenvalue weighted by Gasteiger charge is 2.40. The summed E-state index contributed by atoms with van der Waals surface area (Å²) in [4.78, 5) is 0. The molecule has 4 unspecified atom stereocenters. The molecule has 0 aromatic carbocycles. The van der Waals surface area contributed by atoms with E-state index < -0.39 is 0 Å². The average molecular weight is 251 g/mol. The maximum Gasteiger partial charge on any atom is -0.00176 e. The lowest BCUT2D eigenvalue weighted by atomic mass is 9.59. The highest BCUT2D eigenvalue weighted by Crippen LogP contribution is 2.48. The van der Waals surface area contributed by atoms with Crippen LogP contribution in [-0.4, -0.2) is 13.1 Å². The van der Waals surface area contributed by atoms with E-state index >= 15 is 0 Å². The molecule has 2 aliphatic rings. The summed E-state index contributed by atoms with van der Waals surface area (Å²) >= 11 is 0. The molecule has 0 heterocycles. The molecule has 0 aliphatic heterocycles. The third-order valence-corrected chi connectivity index (χ3v) is 5.48. The van der Waals surface area contributed by atoms with Crippen LogP contribution in [0.5, 0.6) is 0 Å². The molecule has 106 valence electrons. The van der Waals surface area contributed by atoms with Crippen LogP contribution in [-0.2, 0) is 0 Å². The summed E-state index contributed by atoms with van der Waals surface area (Å²) in [5, 5.41) is 3.69. The Hall–Kier alpha value is -0.0400. The van der Waals surface area contributed by atoms with E-state index in [9.17, 15) is 0 Å². The van der Waals surface area contributed by atoms with Gasteiger partial charge in [0.25, 0.3) is 0 Å². The number of rotatable bonds is 6. The summed E-state index contributed by atoms with van der Waals surface area (Å²) < 4.78 is 0. The van der Waals surface area contributed by atoms with E-state index in [-0.39, 0.29) is 0 Å². The monoisotopic (exact) mass is 251 g/mol. The fourth-order valence-corrected chi connectivity index (χ4v) is 4.28. The summed E-state index contributed by atoms with van der Waals surface area (Å²) in [6.45, 7) is 9.51. The van der Waals surface area contributed by atoms with Crippen molar-refractivity contribution in [3.8, 4) is 0 Å². The molecule has 18 heavy (non-hydrogen) atoms. The lowest BCUT2D eigenvalue weighted by Gasteiger charge is -2.47. The SMILES string of the molecule is CCC1CCCCC1C1CCC1CNCC(C)C. The van der Waals surface area contributed by atoms with Gasteiger partial charge in [0.2, 0.25) is 0 Å². The van der Waals surface area contributed by atoms with Gasteiger partial charge in [0.05, 0.1) is 0 Å². The molecule has 0 amide bonds. The molecule has 2 saturated carbocycles. The molecule has 0 bridgehead atoms. The van der Waals surface area contributed by atoms with Gasteiger partial charge in [0.1, 0.15) is 0 Å². The van der Waals surface area contributed by atoms with Crippen molar-refractivity contribution in [2.45, 2.75) is 65.7 Å². The molecular formula is C17H33N. The van der Waals surface area contributed by atoms with Gasteiger partial charge in [-0.3, -0.25) is 0 Å². The summed E-state index contributed by atoms with van der Waals surface area (Å²) in [7, 11) is 0. The van der Waals surface area contributed by atoms with E-state index in [4.69, 9.17) is 0 Å². The van der Waals surface area contributed by atoms with Gasteiger partial charge in [0, 0.05) is 0 Å².